The zero-order valence-electron chi connectivity index (χ0n) is 10.4. The first kappa shape index (κ1) is 11.5. The van der Waals surface area contributed by atoms with Gasteiger partial charge in [-0.2, -0.15) is 0 Å². The van der Waals surface area contributed by atoms with Crippen molar-refractivity contribution >= 4 is 5.82 Å². The lowest BCUT2D eigenvalue weighted by Gasteiger charge is -2.08. The van der Waals surface area contributed by atoms with Crippen molar-refractivity contribution in [1.29, 1.82) is 0 Å². The van der Waals surface area contributed by atoms with Crippen molar-refractivity contribution in [2.24, 2.45) is 0 Å². The van der Waals surface area contributed by atoms with Crippen molar-refractivity contribution in [2.75, 3.05) is 5.73 Å². The summed E-state index contributed by atoms with van der Waals surface area (Å²) in [6, 6.07) is 3.96. The van der Waals surface area contributed by atoms with E-state index >= 15 is 0 Å². The summed E-state index contributed by atoms with van der Waals surface area (Å²) in [4.78, 5) is 13.1. The lowest BCUT2D eigenvalue weighted by Crippen LogP contribution is -2.04. The Hall–Kier alpha value is -1.97. The van der Waals surface area contributed by atoms with Crippen LogP contribution in [0, 0.1) is 13.8 Å². The van der Waals surface area contributed by atoms with Gasteiger partial charge in [0.1, 0.15) is 11.5 Å². The van der Waals surface area contributed by atoms with E-state index < -0.39 is 0 Å². The van der Waals surface area contributed by atoms with Gasteiger partial charge in [0.15, 0.2) is 5.82 Å². The molecule has 0 fully saturated rings. The van der Waals surface area contributed by atoms with Crippen LogP contribution >= 0.6 is 0 Å². The molecule has 2 aromatic heterocycles. The smallest absolute Gasteiger partial charge is 0.180 e. The highest BCUT2D eigenvalue weighted by atomic mass is 15.0. The first-order chi connectivity index (χ1) is 8.13. The number of aryl methyl sites for hydroxylation is 2. The molecule has 2 rings (SSSR count). The summed E-state index contributed by atoms with van der Waals surface area (Å²) in [6.45, 7) is 5.95. The largest absolute Gasteiger partial charge is 0.383 e. The van der Waals surface area contributed by atoms with Crippen LogP contribution < -0.4 is 5.73 Å². The lowest BCUT2D eigenvalue weighted by atomic mass is 10.1. The van der Waals surface area contributed by atoms with Crippen LogP contribution in [0.4, 0.5) is 5.82 Å². The summed E-state index contributed by atoms with van der Waals surface area (Å²) in [5.74, 6) is 1.14. The van der Waals surface area contributed by atoms with Crippen LogP contribution in [-0.2, 0) is 6.42 Å². The second-order valence-electron chi connectivity index (χ2n) is 4.01. The zero-order chi connectivity index (χ0) is 12.4. The van der Waals surface area contributed by atoms with Gasteiger partial charge in [-0.3, -0.25) is 4.98 Å². The van der Waals surface area contributed by atoms with Crippen LogP contribution in [0.1, 0.15) is 23.7 Å². The Kier molecular flexibility index (Phi) is 3.04. The number of nitrogen functional groups attached to an aromatic ring is 1. The fourth-order valence-electron chi connectivity index (χ4n) is 1.68. The molecule has 0 aromatic carbocycles. The Morgan fingerprint density at radius 1 is 1.24 bits per heavy atom. The molecule has 0 saturated heterocycles. The second kappa shape index (κ2) is 4.49. The summed E-state index contributed by atoms with van der Waals surface area (Å²) in [5.41, 5.74) is 9.67. The van der Waals surface area contributed by atoms with Gasteiger partial charge in [0.25, 0.3) is 0 Å². The molecule has 88 valence electrons. The molecule has 0 unspecified atom stereocenters. The number of nitrogens with zero attached hydrogens (tertiary/aromatic N) is 3. The summed E-state index contributed by atoms with van der Waals surface area (Å²) in [6.07, 6.45) is 2.66. The van der Waals surface area contributed by atoms with Crippen LogP contribution in [0.5, 0.6) is 0 Å². The van der Waals surface area contributed by atoms with E-state index in [-0.39, 0.29) is 0 Å². The molecule has 0 amide bonds. The molecule has 17 heavy (non-hydrogen) atoms. The molecule has 4 heteroatoms. The van der Waals surface area contributed by atoms with E-state index in [2.05, 4.69) is 21.9 Å². The third-order valence-electron chi connectivity index (χ3n) is 2.91. The number of pyridine rings is 1. The predicted octanol–water partition coefficient (Wildman–Crippen LogP) is 2.30. The van der Waals surface area contributed by atoms with E-state index in [0.717, 1.165) is 28.9 Å². The fraction of sp³-hybridized carbons (Fsp3) is 0.308. The molecule has 2 aromatic rings. The number of aromatic nitrogens is 3. The minimum atomic E-state index is 0.528. The van der Waals surface area contributed by atoms with Crippen LogP contribution in [0.15, 0.2) is 18.3 Å². The molecule has 0 saturated carbocycles. The van der Waals surface area contributed by atoms with Gasteiger partial charge in [-0.25, -0.2) is 9.97 Å². The molecule has 0 aliphatic carbocycles. The topological polar surface area (TPSA) is 64.7 Å². The van der Waals surface area contributed by atoms with Gasteiger partial charge in [0.2, 0.25) is 0 Å². The molecule has 4 nitrogen and oxygen atoms in total. The Morgan fingerprint density at radius 2 is 2.00 bits per heavy atom. The Bertz CT molecular complexity index is 526. The quantitative estimate of drug-likeness (QED) is 0.856. The third kappa shape index (κ3) is 2.11. The first-order valence-corrected chi connectivity index (χ1v) is 5.68. The van der Waals surface area contributed by atoms with Gasteiger partial charge in [-0.15, -0.1) is 0 Å². The van der Waals surface area contributed by atoms with Crippen molar-refractivity contribution in [3.63, 3.8) is 0 Å². The van der Waals surface area contributed by atoms with Crippen LogP contribution in [0.2, 0.25) is 0 Å². The van der Waals surface area contributed by atoms with E-state index in [1.54, 1.807) is 6.20 Å². The molecule has 0 spiro atoms. The number of nitrogens with two attached hydrogens (primary N) is 1. The maximum absolute atomic E-state index is 5.87. The number of hydrogen-bond acceptors (Lipinski definition) is 4. The highest BCUT2D eigenvalue weighted by Crippen LogP contribution is 2.21. The van der Waals surface area contributed by atoms with Crippen molar-refractivity contribution in [3.05, 3.63) is 35.2 Å². The summed E-state index contributed by atoms with van der Waals surface area (Å²) in [5, 5.41) is 0. The molecular formula is C13H16N4. The third-order valence-corrected chi connectivity index (χ3v) is 2.91. The van der Waals surface area contributed by atoms with Gasteiger partial charge >= 0.3 is 0 Å². The SMILES string of the molecule is CCc1cccnc1-c1nc(C)c(C)c(N)n1. The van der Waals surface area contributed by atoms with Gasteiger partial charge in [0, 0.05) is 17.5 Å². The van der Waals surface area contributed by atoms with Crippen molar-refractivity contribution in [1.82, 2.24) is 15.0 Å². The fourth-order valence-corrected chi connectivity index (χ4v) is 1.68. The molecular weight excluding hydrogens is 212 g/mol. The second-order valence-corrected chi connectivity index (χ2v) is 4.01. The molecule has 2 heterocycles. The predicted molar refractivity (Wildman–Crippen MR) is 68.5 cm³/mol. The average Bonchev–Trinajstić information content (AvgIpc) is 2.35. The Balaban J connectivity index is 2.61. The number of rotatable bonds is 2. The average molecular weight is 228 g/mol. The van der Waals surface area contributed by atoms with Crippen LogP contribution in [0.25, 0.3) is 11.5 Å². The van der Waals surface area contributed by atoms with Crippen LogP contribution in [-0.4, -0.2) is 15.0 Å². The minimum absolute atomic E-state index is 0.528. The highest BCUT2D eigenvalue weighted by Gasteiger charge is 2.11. The van der Waals surface area contributed by atoms with E-state index in [0.29, 0.717) is 11.6 Å². The molecule has 0 aliphatic heterocycles. The molecule has 0 radical (unpaired) electrons. The maximum atomic E-state index is 5.87. The number of hydrogen-bond donors (Lipinski definition) is 1. The monoisotopic (exact) mass is 228 g/mol. The molecule has 0 atom stereocenters. The molecule has 0 aliphatic rings. The van der Waals surface area contributed by atoms with Crippen LogP contribution in [0.3, 0.4) is 0 Å². The first-order valence-electron chi connectivity index (χ1n) is 5.68. The Morgan fingerprint density at radius 3 is 2.65 bits per heavy atom. The minimum Gasteiger partial charge on any atom is -0.383 e. The summed E-state index contributed by atoms with van der Waals surface area (Å²) >= 11 is 0. The summed E-state index contributed by atoms with van der Waals surface area (Å²) < 4.78 is 0. The summed E-state index contributed by atoms with van der Waals surface area (Å²) in [7, 11) is 0. The standard InChI is InChI=1S/C13H16N4/c1-4-10-6-5-7-15-11(10)13-16-9(3)8(2)12(14)17-13/h5-7H,4H2,1-3H3,(H2,14,16,17). The van der Waals surface area contributed by atoms with Gasteiger partial charge in [-0.05, 0) is 31.9 Å². The van der Waals surface area contributed by atoms with Gasteiger partial charge in [-0.1, -0.05) is 13.0 Å². The van der Waals surface area contributed by atoms with Crippen molar-refractivity contribution in [3.8, 4) is 11.5 Å². The van der Waals surface area contributed by atoms with E-state index in [4.69, 9.17) is 5.73 Å². The Labute approximate surface area is 101 Å². The lowest BCUT2D eigenvalue weighted by molar-refractivity contribution is 1.03. The number of anilines is 1. The molecule has 0 bridgehead atoms. The maximum Gasteiger partial charge on any atom is 0.180 e. The zero-order valence-corrected chi connectivity index (χ0v) is 10.4. The highest BCUT2D eigenvalue weighted by molar-refractivity contribution is 5.58. The van der Waals surface area contributed by atoms with E-state index in [1.807, 2.05) is 26.0 Å². The van der Waals surface area contributed by atoms with Gasteiger partial charge < -0.3 is 5.73 Å². The van der Waals surface area contributed by atoms with Crippen molar-refractivity contribution < 1.29 is 0 Å². The van der Waals surface area contributed by atoms with E-state index in [9.17, 15) is 0 Å². The normalized spacial score (nSPS) is 10.5. The van der Waals surface area contributed by atoms with Gasteiger partial charge in [0.05, 0.1) is 0 Å². The van der Waals surface area contributed by atoms with Crippen molar-refractivity contribution in [2.45, 2.75) is 27.2 Å². The molecule has 2 N–H and O–H groups in total. The van der Waals surface area contributed by atoms with E-state index in [1.165, 1.54) is 0 Å².